The number of hydrogen-bond acceptors (Lipinski definition) is 4. The third-order valence-corrected chi connectivity index (χ3v) is 6.45. The maximum absolute atomic E-state index is 12.5. The monoisotopic (exact) mass is 366 g/mol. The van der Waals surface area contributed by atoms with E-state index in [4.69, 9.17) is 5.11 Å². The summed E-state index contributed by atoms with van der Waals surface area (Å²) in [6.07, 6.45) is 4.65. The smallest absolute Gasteiger partial charge is 0.337 e. The Hall–Kier alpha value is -1.93. The van der Waals surface area contributed by atoms with E-state index in [0.29, 0.717) is 19.0 Å². The molecule has 2 N–H and O–H groups in total. The summed E-state index contributed by atoms with van der Waals surface area (Å²) < 4.78 is 27.4. The largest absolute Gasteiger partial charge is 0.478 e. The number of nitrogens with zero attached hydrogens (tertiary/aromatic N) is 1. The fraction of sp³-hybridized carbons (Fsp3) is 0.529. The van der Waals surface area contributed by atoms with Gasteiger partial charge in [-0.3, -0.25) is 4.79 Å². The molecule has 2 fully saturated rings. The van der Waals surface area contributed by atoms with Gasteiger partial charge in [0.15, 0.2) is 0 Å². The first-order valence-electron chi connectivity index (χ1n) is 8.50. The molecule has 2 aliphatic rings. The van der Waals surface area contributed by atoms with E-state index < -0.39 is 16.0 Å². The van der Waals surface area contributed by atoms with Gasteiger partial charge in [0, 0.05) is 25.6 Å². The zero-order valence-electron chi connectivity index (χ0n) is 13.8. The second kappa shape index (κ2) is 7.13. The van der Waals surface area contributed by atoms with Crippen LogP contribution >= 0.6 is 0 Å². The van der Waals surface area contributed by atoms with Gasteiger partial charge < -0.3 is 10.0 Å². The minimum absolute atomic E-state index is 0.0835. The summed E-state index contributed by atoms with van der Waals surface area (Å²) in [6.45, 7) is 0.692. The lowest BCUT2D eigenvalue weighted by Gasteiger charge is -2.24. The number of hydrogen-bond donors (Lipinski definition) is 2. The quantitative estimate of drug-likeness (QED) is 0.793. The first-order valence-corrected chi connectivity index (χ1v) is 9.98. The van der Waals surface area contributed by atoms with Gasteiger partial charge in [0.05, 0.1) is 10.5 Å². The van der Waals surface area contributed by atoms with Crippen molar-refractivity contribution in [1.82, 2.24) is 9.62 Å². The van der Waals surface area contributed by atoms with Gasteiger partial charge in [0.2, 0.25) is 15.9 Å². The Balaban J connectivity index is 1.65. The van der Waals surface area contributed by atoms with Crippen molar-refractivity contribution >= 4 is 21.9 Å². The molecule has 0 bridgehead atoms. The third-order valence-electron chi connectivity index (χ3n) is 4.97. The maximum atomic E-state index is 12.5. The number of aromatic carboxylic acids is 1. The van der Waals surface area contributed by atoms with Crippen molar-refractivity contribution in [3.63, 3.8) is 0 Å². The van der Waals surface area contributed by atoms with Crippen molar-refractivity contribution in [2.45, 2.75) is 43.0 Å². The highest BCUT2D eigenvalue weighted by Gasteiger charge is 2.36. The van der Waals surface area contributed by atoms with E-state index in [1.807, 2.05) is 4.90 Å². The van der Waals surface area contributed by atoms with Gasteiger partial charge in [-0.25, -0.2) is 17.9 Å². The summed E-state index contributed by atoms with van der Waals surface area (Å²) in [5, 5.41) is 9.16. The number of rotatable bonds is 6. The van der Waals surface area contributed by atoms with Crippen LogP contribution in [0.1, 0.15) is 42.5 Å². The molecule has 1 aliphatic carbocycles. The second-order valence-electron chi connectivity index (χ2n) is 6.71. The summed E-state index contributed by atoms with van der Waals surface area (Å²) >= 11 is 0. The molecular weight excluding hydrogens is 344 g/mol. The minimum atomic E-state index is -3.94. The summed E-state index contributed by atoms with van der Waals surface area (Å²) in [6, 6.07) is 5.80. The molecule has 1 heterocycles. The van der Waals surface area contributed by atoms with Crippen molar-refractivity contribution in [3.8, 4) is 0 Å². The zero-order chi connectivity index (χ0) is 18.0. The highest BCUT2D eigenvalue weighted by Crippen LogP contribution is 2.29. The Morgan fingerprint density at radius 1 is 1.24 bits per heavy atom. The number of carbonyl (C=O) groups excluding carboxylic acids is 1. The van der Waals surface area contributed by atoms with Crippen LogP contribution in [0, 0.1) is 5.92 Å². The van der Waals surface area contributed by atoms with Crippen LogP contribution < -0.4 is 4.72 Å². The van der Waals surface area contributed by atoms with Crippen LogP contribution in [0.15, 0.2) is 29.2 Å². The van der Waals surface area contributed by atoms with Crippen LogP contribution in [-0.2, 0) is 14.8 Å². The molecule has 1 unspecified atom stereocenters. The molecule has 7 nitrogen and oxygen atoms in total. The van der Waals surface area contributed by atoms with E-state index in [2.05, 4.69) is 4.72 Å². The van der Waals surface area contributed by atoms with Crippen molar-refractivity contribution in [2.24, 2.45) is 5.92 Å². The Morgan fingerprint density at radius 2 is 1.92 bits per heavy atom. The summed E-state index contributed by atoms with van der Waals surface area (Å²) in [5.74, 6) is -1.29. The van der Waals surface area contributed by atoms with Crippen molar-refractivity contribution in [1.29, 1.82) is 0 Å². The molecule has 1 amide bonds. The average Bonchev–Trinajstić information content (AvgIpc) is 3.22. The third kappa shape index (κ3) is 3.85. The van der Waals surface area contributed by atoms with Crippen LogP contribution in [0.2, 0.25) is 0 Å². The number of carboxylic acid groups (broad SMARTS) is 1. The molecule has 25 heavy (non-hydrogen) atoms. The van der Waals surface area contributed by atoms with Gasteiger partial charge in [0.25, 0.3) is 0 Å². The van der Waals surface area contributed by atoms with Gasteiger partial charge in [-0.1, -0.05) is 25.0 Å². The Bertz CT molecular complexity index is 771. The maximum Gasteiger partial charge on any atom is 0.337 e. The molecule has 3 rings (SSSR count). The van der Waals surface area contributed by atoms with E-state index in [9.17, 15) is 18.0 Å². The molecule has 8 heteroatoms. The number of carbonyl (C=O) groups is 2. The summed E-state index contributed by atoms with van der Waals surface area (Å²) in [5.41, 5.74) is -0.259. The second-order valence-corrected chi connectivity index (χ2v) is 8.44. The van der Waals surface area contributed by atoms with E-state index in [1.165, 1.54) is 24.3 Å². The van der Waals surface area contributed by atoms with E-state index in [1.54, 1.807) is 0 Å². The molecule has 0 radical (unpaired) electrons. The lowest BCUT2D eigenvalue weighted by molar-refractivity contribution is -0.129. The van der Waals surface area contributed by atoms with Crippen molar-refractivity contribution in [3.05, 3.63) is 29.8 Å². The number of amides is 1. The molecule has 1 saturated heterocycles. The molecule has 1 atom stereocenters. The lowest BCUT2D eigenvalue weighted by Crippen LogP contribution is -2.36. The number of nitrogens with one attached hydrogen (secondary N) is 1. The number of carboxylic acids is 1. The first kappa shape index (κ1) is 17.9. The number of sulfonamides is 1. The number of likely N-dealkylation sites (tertiary alicyclic amines) is 1. The highest BCUT2D eigenvalue weighted by atomic mass is 32.2. The Morgan fingerprint density at radius 3 is 2.60 bits per heavy atom. The van der Waals surface area contributed by atoms with Crippen LogP contribution in [-0.4, -0.2) is 49.4 Å². The van der Waals surface area contributed by atoms with Gasteiger partial charge in [-0.15, -0.1) is 0 Å². The summed E-state index contributed by atoms with van der Waals surface area (Å²) in [4.78, 5) is 25.0. The molecule has 0 aromatic heterocycles. The lowest BCUT2D eigenvalue weighted by atomic mass is 10.1. The van der Waals surface area contributed by atoms with Gasteiger partial charge >= 0.3 is 5.97 Å². The SMILES string of the molecule is O=C(O)c1ccccc1S(=O)(=O)NCC1CC(=O)N(C2CCCC2)C1. The minimum Gasteiger partial charge on any atom is -0.478 e. The van der Waals surface area contributed by atoms with Gasteiger partial charge in [-0.05, 0) is 30.9 Å². The van der Waals surface area contributed by atoms with Gasteiger partial charge in [-0.2, -0.15) is 0 Å². The molecule has 1 saturated carbocycles. The van der Waals surface area contributed by atoms with Gasteiger partial charge in [0.1, 0.15) is 0 Å². The zero-order valence-corrected chi connectivity index (χ0v) is 14.7. The van der Waals surface area contributed by atoms with Crippen LogP contribution in [0.5, 0.6) is 0 Å². The summed E-state index contributed by atoms with van der Waals surface area (Å²) in [7, 11) is -3.94. The fourth-order valence-corrected chi connectivity index (χ4v) is 5.01. The van der Waals surface area contributed by atoms with E-state index in [0.717, 1.165) is 25.7 Å². The standard InChI is InChI=1S/C17H22N2O5S/c20-16-9-12(11-19(16)13-5-1-2-6-13)10-18-25(23,24)15-8-4-3-7-14(15)17(21)22/h3-4,7-8,12-13,18H,1-2,5-6,9-11H2,(H,21,22). The first-order chi connectivity index (χ1) is 11.9. The van der Waals surface area contributed by atoms with Crippen molar-refractivity contribution < 1.29 is 23.1 Å². The molecule has 1 aromatic rings. The molecule has 1 aliphatic heterocycles. The Kier molecular flexibility index (Phi) is 5.10. The van der Waals surface area contributed by atoms with Crippen LogP contribution in [0.4, 0.5) is 0 Å². The fourth-order valence-electron chi connectivity index (χ4n) is 3.70. The van der Waals surface area contributed by atoms with E-state index in [-0.39, 0.29) is 28.8 Å². The normalized spacial score (nSPS) is 21.8. The molecule has 136 valence electrons. The number of benzene rings is 1. The predicted molar refractivity (Wildman–Crippen MR) is 90.7 cm³/mol. The van der Waals surface area contributed by atoms with Crippen molar-refractivity contribution in [2.75, 3.05) is 13.1 Å². The Labute approximate surface area is 147 Å². The predicted octanol–water partition coefficient (Wildman–Crippen LogP) is 1.45. The topological polar surface area (TPSA) is 104 Å². The van der Waals surface area contributed by atoms with Crippen LogP contribution in [0.3, 0.4) is 0 Å². The highest BCUT2D eigenvalue weighted by molar-refractivity contribution is 7.89. The molecule has 0 spiro atoms. The molecular formula is C17H22N2O5S. The molecule has 1 aromatic carbocycles. The van der Waals surface area contributed by atoms with E-state index >= 15 is 0 Å². The average molecular weight is 366 g/mol. The van der Waals surface area contributed by atoms with Crippen LogP contribution in [0.25, 0.3) is 0 Å².